The van der Waals surface area contributed by atoms with E-state index in [4.69, 9.17) is 39.9 Å². The second-order valence-electron chi connectivity index (χ2n) is 26.4. The van der Waals surface area contributed by atoms with Gasteiger partial charge >= 0.3 is 0 Å². The van der Waals surface area contributed by atoms with Crippen LogP contribution in [-0.4, -0.2) is 243 Å². The van der Waals surface area contributed by atoms with Crippen LogP contribution < -0.4 is 31.8 Å². The number of carbonyl (C=O) groups is 10. The Hall–Kier alpha value is -9.47. The van der Waals surface area contributed by atoms with Gasteiger partial charge in [0, 0.05) is 128 Å². The van der Waals surface area contributed by atoms with Crippen LogP contribution in [0.5, 0.6) is 34.5 Å². The number of hydrazone groups is 2. The molecule has 0 bridgehead atoms. The number of nitrogens with zero attached hydrogens (tertiary/aromatic N) is 4. The number of hydrogen-bond donors (Lipinski definition) is 14. The number of amides is 6. The Bertz CT molecular complexity index is 4350. The average Bonchev–Trinajstić information content (AvgIpc) is 0.949. The number of carbonyl (C=O) groups excluding carboxylic acids is 10. The number of ketones is 4. The molecule has 0 aromatic heterocycles. The van der Waals surface area contributed by atoms with Gasteiger partial charge in [0.25, 0.3) is 11.8 Å². The zero-order valence-electron chi connectivity index (χ0n) is 57.2. The number of fused-ring (bicyclic) bond motifs is 6. The third kappa shape index (κ3) is 14.2. The van der Waals surface area contributed by atoms with Gasteiger partial charge in [0.15, 0.2) is 24.1 Å². The number of methoxy groups -OCH3 is 2. The number of imide groups is 2. The number of thioether (sulfide) groups is 1. The molecule has 4 aliphatic heterocycles. The van der Waals surface area contributed by atoms with Crippen LogP contribution in [0.25, 0.3) is 0 Å². The van der Waals surface area contributed by atoms with Gasteiger partial charge < -0.3 is 91.0 Å². The molecule has 0 saturated carbocycles. The van der Waals surface area contributed by atoms with E-state index in [0.29, 0.717) is 5.75 Å². The molecule has 34 nitrogen and oxygen atoms in total. The van der Waals surface area contributed by atoms with Crippen molar-refractivity contribution in [2.24, 2.45) is 21.7 Å². The van der Waals surface area contributed by atoms with Crippen molar-refractivity contribution in [2.75, 3.05) is 46.3 Å². The van der Waals surface area contributed by atoms with Gasteiger partial charge in [-0.05, 0) is 31.7 Å². The molecule has 4 heterocycles. The van der Waals surface area contributed by atoms with Crippen molar-refractivity contribution in [2.45, 2.75) is 156 Å². The number of nitrogens with two attached hydrogens (primary N) is 2. The van der Waals surface area contributed by atoms with Crippen molar-refractivity contribution < 1.29 is 127 Å². The summed E-state index contributed by atoms with van der Waals surface area (Å²) in [6.07, 6.45) is -9.46. The van der Waals surface area contributed by atoms with Crippen molar-refractivity contribution in [3.8, 4) is 34.5 Å². The number of aliphatic hydroxyl groups is 6. The lowest BCUT2D eigenvalue weighted by Crippen LogP contribution is -2.53. The Balaban J connectivity index is 0.000000210. The molecule has 16 N–H and O–H groups in total. The summed E-state index contributed by atoms with van der Waals surface area (Å²) in [4.78, 5) is 132. The highest BCUT2D eigenvalue weighted by Gasteiger charge is 2.53. The van der Waals surface area contributed by atoms with Crippen LogP contribution in [0.4, 0.5) is 0 Å². The zero-order chi connectivity index (χ0) is 76.2. The van der Waals surface area contributed by atoms with Gasteiger partial charge in [-0.15, -0.1) is 11.8 Å². The maximum Gasteiger partial charge on any atom is 0.253 e. The Morgan fingerprint density at radius 3 is 1.39 bits per heavy atom. The number of aliphatic hydroxyl groups excluding tert-OH is 4. The molecule has 11 unspecified atom stereocenters. The van der Waals surface area contributed by atoms with E-state index in [0.717, 1.165) is 22.0 Å². The number of aromatic hydroxyl groups is 4. The van der Waals surface area contributed by atoms with Crippen molar-refractivity contribution in [3.05, 3.63) is 115 Å². The van der Waals surface area contributed by atoms with E-state index in [9.17, 15) is 99.0 Å². The van der Waals surface area contributed by atoms with Crippen molar-refractivity contribution in [1.29, 1.82) is 0 Å². The van der Waals surface area contributed by atoms with Gasteiger partial charge in [-0.1, -0.05) is 31.2 Å². The van der Waals surface area contributed by atoms with E-state index in [1.165, 1.54) is 62.4 Å². The van der Waals surface area contributed by atoms with E-state index >= 15 is 0 Å². The maximum atomic E-state index is 14.0. The van der Waals surface area contributed by atoms with Gasteiger partial charge in [0.05, 0.1) is 114 Å². The first-order chi connectivity index (χ1) is 49.8. The summed E-state index contributed by atoms with van der Waals surface area (Å²) >= 11 is 1.34. The van der Waals surface area contributed by atoms with Crippen LogP contribution in [0.2, 0.25) is 0 Å². The first kappa shape index (κ1) is 76.7. The first-order valence-electron chi connectivity index (χ1n) is 33.5. The summed E-state index contributed by atoms with van der Waals surface area (Å²) in [6.45, 7) is 2.67. The molecule has 12 rings (SSSR count). The second-order valence-corrected chi connectivity index (χ2v) is 27.8. The number of phenols is 4. The fourth-order valence-corrected chi connectivity index (χ4v) is 15.4. The van der Waals surface area contributed by atoms with Gasteiger partial charge in [-0.2, -0.15) is 10.2 Å². The molecule has 8 aliphatic rings. The minimum atomic E-state index is -2.21. The van der Waals surface area contributed by atoms with Crippen LogP contribution in [0.15, 0.2) is 58.8 Å². The van der Waals surface area contributed by atoms with Gasteiger partial charge in [0.2, 0.25) is 35.2 Å². The number of hydrogen-bond acceptors (Lipinski definition) is 31. The highest BCUT2D eigenvalue weighted by Crippen LogP contribution is 2.55. The number of nitrogens with one attached hydrogen (secondary N) is 2. The summed E-state index contributed by atoms with van der Waals surface area (Å²) in [5, 5.41) is 120. The largest absolute Gasteiger partial charge is 0.507 e. The van der Waals surface area contributed by atoms with E-state index in [1.54, 1.807) is 13.8 Å². The van der Waals surface area contributed by atoms with E-state index < -0.39 is 226 Å². The lowest BCUT2D eigenvalue weighted by Gasteiger charge is -2.43. The highest BCUT2D eigenvalue weighted by atomic mass is 32.2. The maximum absolute atomic E-state index is 14.0. The Morgan fingerprint density at radius 1 is 0.610 bits per heavy atom. The summed E-state index contributed by atoms with van der Waals surface area (Å²) < 4.78 is 34.7. The number of benzene rings is 4. The lowest BCUT2D eigenvalue weighted by atomic mass is 9.71. The molecule has 3 saturated heterocycles. The van der Waals surface area contributed by atoms with Crippen LogP contribution in [0, 0.1) is 0 Å². The number of likely N-dealkylation sites (tertiary alicyclic amines) is 1. The molecule has 4 aromatic rings. The summed E-state index contributed by atoms with van der Waals surface area (Å²) in [7, 11) is 2.62. The predicted octanol–water partition coefficient (Wildman–Crippen LogP) is -0.605. The molecule has 105 heavy (non-hydrogen) atoms. The smallest absolute Gasteiger partial charge is 0.253 e. The van der Waals surface area contributed by atoms with Crippen LogP contribution in [-0.2, 0) is 60.6 Å². The van der Waals surface area contributed by atoms with Gasteiger partial charge in [-0.25, -0.2) is 10.9 Å². The minimum Gasteiger partial charge on any atom is -0.507 e. The van der Waals surface area contributed by atoms with Crippen molar-refractivity contribution in [3.63, 3.8) is 0 Å². The molecule has 13 atom stereocenters. The van der Waals surface area contributed by atoms with E-state index in [2.05, 4.69) is 21.1 Å². The molecule has 0 spiro atoms. The third-order valence-electron chi connectivity index (χ3n) is 19.9. The predicted molar refractivity (Wildman–Crippen MR) is 363 cm³/mol. The Morgan fingerprint density at radius 2 is 1.01 bits per heavy atom. The Kier molecular flexibility index (Phi) is 22.3. The van der Waals surface area contributed by atoms with Crippen LogP contribution in [0.3, 0.4) is 0 Å². The second kappa shape index (κ2) is 30.5. The van der Waals surface area contributed by atoms with E-state index in [1.807, 2.05) is 6.92 Å². The van der Waals surface area contributed by atoms with E-state index in [-0.39, 0.29) is 107 Å². The monoisotopic (exact) mass is 1480 g/mol. The SMILES string of the molecule is CCSC1CC(=O)N(CCC(=O)N/N=C(\CO)[C@]2(O)Cc3c(O)c4c(c(O)c3C(OC3CC(N)C(O)C(C)O3)C2)C(=O)c2c(OC)cccc2C4=O)C1=O.COc1cccc2c1C(=O)c1c(O)c3c(c(O)c1C2=O)C[C@@](O)(/C(CO)=N/NC(=O)CCN1C(=O)C=CC1=O)CC3OC1CC(N)C(O)C(C)O1. The molecular formula is C70H78N8O26S. The lowest BCUT2D eigenvalue weighted by molar-refractivity contribution is -0.246. The molecule has 0 radical (unpaired) electrons. The third-order valence-corrected chi connectivity index (χ3v) is 21.0. The quantitative estimate of drug-likeness (QED) is 0.0196. The first-order valence-corrected chi connectivity index (χ1v) is 34.5. The normalized spacial score (nSPS) is 27.7. The van der Waals surface area contributed by atoms with Crippen LogP contribution >= 0.6 is 11.8 Å². The molecule has 4 aliphatic carbocycles. The summed E-state index contributed by atoms with van der Waals surface area (Å²) in [5.41, 5.74) is 8.21. The molecule has 35 heteroatoms. The molecule has 6 amide bonds. The van der Waals surface area contributed by atoms with Crippen LogP contribution in [0.1, 0.15) is 164 Å². The topological polar surface area (TPSA) is 536 Å². The fraction of sp³-hybridized carbons (Fsp3) is 0.457. The highest BCUT2D eigenvalue weighted by molar-refractivity contribution is 8.00. The summed E-state index contributed by atoms with van der Waals surface area (Å²) in [6, 6.07) is 7.06. The van der Waals surface area contributed by atoms with Gasteiger partial charge in [0.1, 0.15) is 45.7 Å². The number of rotatable bonds is 20. The Labute approximate surface area is 601 Å². The number of ether oxygens (including phenoxy) is 6. The molecule has 560 valence electrons. The number of phenolic OH excluding ortho intramolecular Hbond substituents is 4. The average molecular weight is 1480 g/mol. The standard InChI is InChI=1S/C36H42N4O13S.C34H36N4O13/c1-4-54-21-11-24(43)40(35(21)49)9-8-23(42)39-38-22(14-41)36(50)12-17-27(20(13-36)53-25-10-18(37)30(44)15(2)52-25)34(48)29-28(32(17)46)31(45)16-6-5-7-19(51-3)26(16)33(29)47;1-14-29(43)17(35)10-24(50-14)51-19-12-34(48,20(13-39)36-37-21(40)8-9-38-22(41)6-7-23(38)42)11-16-26(19)33(47)28-27(31(16)45)30(44)15-4-3-5-18(49-2)25(15)32(28)46/h5-7,15,18,20-21,25,30,41,44,46,48,50H,4,8-14,37H2,1-3H3,(H,39,42);3-7,14,17,19,24,29,39,43,45,47-48H,8-13,35H2,1-2H3,(H,37,40)/b38-22+;36-20+/t15?,18?,20?,21?,25?,30?,36-;14?,17?,19?,24?,29?,34-/m00/s1. The summed E-state index contributed by atoms with van der Waals surface area (Å²) in [5.74, 6) is -8.83. The molecule has 4 aromatic carbocycles. The fourth-order valence-electron chi connectivity index (χ4n) is 14.5. The van der Waals surface area contributed by atoms with Crippen molar-refractivity contribution >= 4 is 81.8 Å². The van der Waals surface area contributed by atoms with Crippen molar-refractivity contribution in [1.82, 2.24) is 20.7 Å². The molecule has 3 fully saturated rings. The van der Waals surface area contributed by atoms with Gasteiger partial charge in [-0.3, -0.25) is 57.7 Å². The minimum absolute atomic E-state index is 0.0346. The molecular weight excluding hydrogens is 1400 g/mol. The zero-order valence-corrected chi connectivity index (χ0v) is 58.0.